The minimum absolute atomic E-state index is 0.0285. The molecule has 3 amide bonds. The molecule has 2 N–H and O–H groups in total. The Morgan fingerprint density at radius 2 is 1.79 bits per heavy atom. The topological polar surface area (TPSA) is 64.7 Å². The van der Waals surface area contributed by atoms with Crippen molar-refractivity contribution in [3.63, 3.8) is 0 Å². The molecule has 148 valence electrons. The Labute approximate surface area is 166 Å². The molecule has 6 heteroatoms. The first-order valence-electron chi connectivity index (χ1n) is 9.67. The largest absolute Gasteiger partial charge is 0.326 e. The Hall–Kier alpha value is -2.86. The van der Waals surface area contributed by atoms with Crippen molar-refractivity contribution in [2.75, 3.05) is 37.8 Å². The van der Waals surface area contributed by atoms with Crippen LogP contribution in [0.15, 0.2) is 54.6 Å². The first kappa shape index (κ1) is 19.9. The predicted octanol–water partition coefficient (Wildman–Crippen LogP) is 3.63. The number of urea groups is 1. The van der Waals surface area contributed by atoms with Gasteiger partial charge in [-0.05, 0) is 56.8 Å². The zero-order valence-electron chi connectivity index (χ0n) is 16.5. The SMILES string of the molecule is CN(C)Cc1cccc(NC(=O)C2CCCN(C(=O)Nc3ccccc3)C2)c1. The normalized spacial score (nSPS) is 16.7. The standard InChI is InChI=1S/C22H28N4O2/c1-25(2)15-17-8-6-12-20(14-17)23-21(27)18-9-7-13-26(16-18)22(28)24-19-10-4-3-5-11-19/h3-6,8,10-12,14,18H,7,9,13,15-16H2,1-2H3,(H,23,27)(H,24,28). The summed E-state index contributed by atoms with van der Waals surface area (Å²) in [5.74, 6) is -0.230. The van der Waals surface area contributed by atoms with Crippen LogP contribution in [0.1, 0.15) is 18.4 Å². The molecule has 0 spiro atoms. The summed E-state index contributed by atoms with van der Waals surface area (Å²) in [4.78, 5) is 29.1. The van der Waals surface area contributed by atoms with E-state index in [0.717, 1.165) is 36.3 Å². The van der Waals surface area contributed by atoms with Crippen LogP contribution >= 0.6 is 0 Å². The van der Waals surface area contributed by atoms with Crippen LogP contribution in [0.5, 0.6) is 0 Å². The number of anilines is 2. The molecule has 2 aromatic rings. The quantitative estimate of drug-likeness (QED) is 0.832. The third-order valence-electron chi connectivity index (χ3n) is 4.80. The fraction of sp³-hybridized carbons (Fsp3) is 0.364. The molecule has 2 aromatic carbocycles. The van der Waals surface area contributed by atoms with E-state index in [2.05, 4.69) is 15.5 Å². The zero-order valence-corrected chi connectivity index (χ0v) is 16.5. The molecule has 1 saturated heterocycles. The first-order chi connectivity index (χ1) is 13.5. The lowest BCUT2D eigenvalue weighted by Crippen LogP contribution is -2.45. The van der Waals surface area contributed by atoms with Crippen molar-refractivity contribution in [2.24, 2.45) is 5.92 Å². The number of carbonyl (C=O) groups is 2. The summed E-state index contributed by atoms with van der Waals surface area (Å²) in [6.45, 7) is 1.92. The lowest BCUT2D eigenvalue weighted by Gasteiger charge is -2.32. The highest BCUT2D eigenvalue weighted by Crippen LogP contribution is 2.20. The Balaban J connectivity index is 1.57. The number of para-hydroxylation sites is 1. The highest BCUT2D eigenvalue weighted by molar-refractivity contribution is 5.94. The summed E-state index contributed by atoms with van der Waals surface area (Å²) >= 11 is 0. The summed E-state index contributed by atoms with van der Waals surface area (Å²) in [7, 11) is 4.03. The van der Waals surface area contributed by atoms with Gasteiger partial charge in [-0.3, -0.25) is 4.79 Å². The number of amides is 3. The first-order valence-corrected chi connectivity index (χ1v) is 9.67. The second-order valence-corrected chi connectivity index (χ2v) is 7.51. The van der Waals surface area contributed by atoms with E-state index in [-0.39, 0.29) is 17.9 Å². The highest BCUT2D eigenvalue weighted by atomic mass is 16.2. The van der Waals surface area contributed by atoms with Crippen LogP contribution in [-0.2, 0) is 11.3 Å². The molecule has 1 aliphatic heterocycles. The molecular formula is C22H28N4O2. The van der Waals surface area contributed by atoms with Gasteiger partial charge >= 0.3 is 6.03 Å². The van der Waals surface area contributed by atoms with Gasteiger partial charge in [-0.25, -0.2) is 4.79 Å². The van der Waals surface area contributed by atoms with Crippen LogP contribution in [0.25, 0.3) is 0 Å². The van der Waals surface area contributed by atoms with Gasteiger partial charge in [-0.1, -0.05) is 30.3 Å². The van der Waals surface area contributed by atoms with Gasteiger partial charge in [0.05, 0.1) is 5.92 Å². The number of rotatable bonds is 5. The van der Waals surface area contributed by atoms with Crippen molar-refractivity contribution in [1.29, 1.82) is 0 Å². The second-order valence-electron chi connectivity index (χ2n) is 7.51. The number of nitrogens with zero attached hydrogens (tertiary/aromatic N) is 2. The van der Waals surface area contributed by atoms with Gasteiger partial charge in [0.15, 0.2) is 0 Å². The van der Waals surface area contributed by atoms with Crippen molar-refractivity contribution >= 4 is 23.3 Å². The minimum Gasteiger partial charge on any atom is -0.326 e. The van der Waals surface area contributed by atoms with Crippen molar-refractivity contribution in [3.8, 4) is 0 Å². The number of piperidine rings is 1. The molecule has 1 fully saturated rings. The molecule has 0 bridgehead atoms. The molecule has 0 saturated carbocycles. The average Bonchev–Trinajstić information content (AvgIpc) is 2.68. The molecule has 1 aliphatic rings. The van der Waals surface area contributed by atoms with E-state index >= 15 is 0 Å². The highest BCUT2D eigenvalue weighted by Gasteiger charge is 2.28. The van der Waals surface area contributed by atoms with Crippen molar-refractivity contribution < 1.29 is 9.59 Å². The lowest BCUT2D eigenvalue weighted by molar-refractivity contribution is -0.121. The molecule has 0 radical (unpaired) electrons. The van der Waals surface area contributed by atoms with E-state index in [0.29, 0.717) is 13.1 Å². The molecule has 28 heavy (non-hydrogen) atoms. The average molecular weight is 380 g/mol. The van der Waals surface area contributed by atoms with Crippen LogP contribution in [0.4, 0.5) is 16.2 Å². The molecule has 6 nitrogen and oxygen atoms in total. The number of benzene rings is 2. The second kappa shape index (κ2) is 9.37. The van der Waals surface area contributed by atoms with Gasteiger partial charge in [0, 0.05) is 31.0 Å². The fourth-order valence-electron chi connectivity index (χ4n) is 3.46. The van der Waals surface area contributed by atoms with E-state index in [1.54, 1.807) is 4.90 Å². The van der Waals surface area contributed by atoms with Crippen molar-refractivity contribution in [3.05, 3.63) is 60.2 Å². The smallest absolute Gasteiger partial charge is 0.321 e. The molecule has 1 unspecified atom stereocenters. The van der Waals surface area contributed by atoms with E-state index in [9.17, 15) is 9.59 Å². The van der Waals surface area contributed by atoms with Crippen LogP contribution in [0.3, 0.4) is 0 Å². The number of hydrogen-bond acceptors (Lipinski definition) is 3. The van der Waals surface area contributed by atoms with E-state index < -0.39 is 0 Å². The third-order valence-corrected chi connectivity index (χ3v) is 4.80. The molecule has 1 heterocycles. The Bertz CT molecular complexity index is 807. The van der Waals surface area contributed by atoms with Crippen LogP contribution in [-0.4, -0.2) is 48.9 Å². The maximum Gasteiger partial charge on any atom is 0.321 e. The Kier molecular flexibility index (Phi) is 6.66. The number of nitrogens with one attached hydrogen (secondary N) is 2. The predicted molar refractivity (Wildman–Crippen MR) is 112 cm³/mol. The van der Waals surface area contributed by atoms with Crippen molar-refractivity contribution in [2.45, 2.75) is 19.4 Å². The monoisotopic (exact) mass is 380 g/mol. The minimum atomic E-state index is -0.201. The Morgan fingerprint density at radius 1 is 1.04 bits per heavy atom. The number of hydrogen-bond donors (Lipinski definition) is 2. The van der Waals surface area contributed by atoms with Gasteiger partial charge < -0.3 is 20.4 Å². The fourth-order valence-corrected chi connectivity index (χ4v) is 3.46. The number of likely N-dealkylation sites (tertiary alicyclic amines) is 1. The molecule has 0 aromatic heterocycles. The summed E-state index contributed by atoms with van der Waals surface area (Å²) in [6, 6.07) is 17.1. The summed E-state index contributed by atoms with van der Waals surface area (Å²) in [5, 5.41) is 5.92. The van der Waals surface area contributed by atoms with E-state index in [4.69, 9.17) is 0 Å². The van der Waals surface area contributed by atoms with E-state index in [1.165, 1.54) is 0 Å². The summed E-state index contributed by atoms with van der Waals surface area (Å²) in [5.41, 5.74) is 2.71. The molecule has 3 rings (SSSR count). The molecular weight excluding hydrogens is 352 g/mol. The van der Waals surface area contributed by atoms with Gasteiger partial charge in [-0.15, -0.1) is 0 Å². The molecule has 1 atom stereocenters. The van der Waals surface area contributed by atoms with Crippen molar-refractivity contribution in [1.82, 2.24) is 9.80 Å². The van der Waals surface area contributed by atoms with Gasteiger partial charge in [0.1, 0.15) is 0 Å². The molecule has 0 aliphatic carbocycles. The summed E-state index contributed by atoms with van der Waals surface area (Å²) in [6.07, 6.45) is 1.61. The Morgan fingerprint density at radius 3 is 2.54 bits per heavy atom. The maximum atomic E-state index is 12.7. The summed E-state index contributed by atoms with van der Waals surface area (Å²) < 4.78 is 0. The zero-order chi connectivity index (χ0) is 19.9. The van der Waals surface area contributed by atoms with Crippen LogP contribution < -0.4 is 10.6 Å². The third kappa shape index (κ3) is 5.57. The maximum absolute atomic E-state index is 12.7. The van der Waals surface area contributed by atoms with Gasteiger partial charge in [0.25, 0.3) is 0 Å². The van der Waals surface area contributed by atoms with E-state index in [1.807, 2.05) is 68.7 Å². The van der Waals surface area contributed by atoms with Gasteiger partial charge in [0.2, 0.25) is 5.91 Å². The van der Waals surface area contributed by atoms with Gasteiger partial charge in [-0.2, -0.15) is 0 Å². The van der Waals surface area contributed by atoms with Crippen LogP contribution in [0, 0.1) is 5.92 Å². The van der Waals surface area contributed by atoms with Crippen LogP contribution in [0.2, 0.25) is 0 Å². The lowest BCUT2D eigenvalue weighted by atomic mass is 9.97. The number of carbonyl (C=O) groups excluding carboxylic acids is 2.